The van der Waals surface area contributed by atoms with Crippen LogP contribution in [0.15, 0.2) is 24.3 Å². The zero-order valence-electron chi connectivity index (χ0n) is 13.2. The van der Waals surface area contributed by atoms with E-state index in [1.54, 1.807) is 31.2 Å². The molecule has 1 aliphatic rings. The predicted molar refractivity (Wildman–Crippen MR) is 85.7 cm³/mol. The first-order valence-electron chi connectivity index (χ1n) is 7.47. The van der Waals surface area contributed by atoms with Crippen molar-refractivity contribution in [3.63, 3.8) is 0 Å². The average molecular weight is 319 g/mol. The lowest BCUT2D eigenvalue weighted by Gasteiger charge is -2.22. The topological polar surface area (TPSA) is 108 Å². The summed E-state index contributed by atoms with van der Waals surface area (Å²) in [6.45, 7) is 3.07. The Balaban J connectivity index is 1.88. The molecule has 0 bridgehead atoms. The van der Waals surface area contributed by atoms with Crippen LogP contribution in [-0.4, -0.2) is 35.0 Å². The van der Waals surface area contributed by atoms with Crippen molar-refractivity contribution in [2.45, 2.75) is 32.3 Å². The van der Waals surface area contributed by atoms with Crippen LogP contribution >= 0.6 is 0 Å². The molecule has 2 rings (SSSR count). The molecule has 7 heteroatoms. The van der Waals surface area contributed by atoms with Crippen LogP contribution < -0.4 is 16.0 Å². The fourth-order valence-corrected chi connectivity index (χ4v) is 2.25. The van der Waals surface area contributed by atoms with Crippen molar-refractivity contribution in [2.75, 3.05) is 17.2 Å². The van der Waals surface area contributed by atoms with Crippen LogP contribution in [0.1, 0.15) is 26.7 Å². The van der Waals surface area contributed by atoms with Crippen molar-refractivity contribution in [1.29, 1.82) is 0 Å². The Bertz CT molecular complexity index is 624. The Morgan fingerprint density at radius 3 is 2.35 bits per heavy atom. The van der Waals surface area contributed by atoms with Crippen LogP contribution in [0.25, 0.3) is 0 Å². The highest BCUT2D eigenvalue weighted by molar-refractivity contribution is 6.39. The van der Waals surface area contributed by atoms with Crippen molar-refractivity contribution in [1.82, 2.24) is 5.32 Å². The fraction of sp³-hybridized carbons (Fsp3) is 0.438. The van der Waals surface area contributed by atoms with Crippen molar-refractivity contribution >= 4 is 29.1 Å². The number of benzene rings is 1. The number of hydrogen-bond acceptors (Lipinski definition) is 4. The number of hydrogen-bond donors (Lipinski definition) is 4. The van der Waals surface area contributed by atoms with E-state index in [0.717, 1.165) is 12.8 Å². The van der Waals surface area contributed by atoms with E-state index in [9.17, 15) is 19.5 Å². The molecule has 0 radical (unpaired) electrons. The van der Waals surface area contributed by atoms with Crippen LogP contribution in [0.3, 0.4) is 0 Å². The molecule has 3 amide bonds. The molecule has 1 atom stereocenters. The average Bonchev–Trinajstić information content (AvgIpc) is 3.29. The summed E-state index contributed by atoms with van der Waals surface area (Å²) in [6, 6.07) is 6.48. The molecule has 1 aromatic rings. The lowest BCUT2D eigenvalue weighted by molar-refractivity contribution is -0.136. The van der Waals surface area contributed by atoms with Gasteiger partial charge in [-0.05, 0) is 43.9 Å². The normalized spacial score (nSPS) is 16.1. The number of anilines is 2. The molecule has 0 heterocycles. The standard InChI is InChI=1S/C16H21N3O4/c1-10(20)18-12-4-3-5-13(8-12)19-15(22)14(21)17-9-16(2,23)11-6-7-11/h3-5,8,11,23H,6-7,9H2,1-2H3,(H,17,21)(H,18,20)(H,19,22). The van der Waals surface area contributed by atoms with Crippen LogP contribution in [0.2, 0.25) is 0 Å². The van der Waals surface area contributed by atoms with E-state index in [2.05, 4.69) is 16.0 Å². The third-order valence-corrected chi connectivity index (χ3v) is 3.71. The molecule has 7 nitrogen and oxygen atoms in total. The number of carbonyl (C=O) groups is 3. The molecule has 0 spiro atoms. The second-order valence-corrected chi connectivity index (χ2v) is 6.03. The van der Waals surface area contributed by atoms with Gasteiger partial charge in [0.1, 0.15) is 0 Å². The van der Waals surface area contributed by atoms with E-state index in [4.69, 9.17) is 0 Å². The summed E-state index contributed by atoms with van der Waals surface area (Å²) in [5.41, 5.74) is -0.0703. The highest BCUT2D eigenvalue weighted by Gasteiger charge is 2.40. The van der Waals surface area contributed by atoms with Crippen LogP contribution in [0.5, 0.6) is 0 Å². The van der Waals surface area contributed by atoms with E-state index in [-0.39, 0.29) is 18.4 Å². The number of amides is 3. The summed E-state index contributed by atoms with van der Waals surface area (Å²) < 4.78 is 0. The predicted octanol–water partition coefficient (Wildman–Crippen LogP) is 0.861. The Morgan fingerprint density at radius 1 is 1.17 bits per heavy atom. The zero-order valence-corrected chi connectivity index (χ0v) is 13.2. The van der Waals surface area contributed by atoms with Gasteiger partial charge in [-0.15, -0.1) is 0 Å². The molecule has 0 aromatic heterocycles. The van der Waals surface area contributed by atoms with Gasteiger partial charge in [-0.1, -0.05) is 6.07 Å². The summed E-state index contributed by atoms with van der Waals surface area (Å²) in [5, 5.41) is 17.6. The Labute approximate surface area is 134 Å². The SMILES string of the molecule is CC(=O)Nc1cccc(NC(=O)C(=O)NCC(C)(O)C2CC2)c1. The monoisotopic (exact) mass is 319 g/mol. The van der Waals surface area contributed by atoms with Gasteiger partial charge in [0.15, 0.2) is 0 Å². The summed E-state index contributed by atoms with van der Waals surface area (Å²) >= 11 is 0. The van der Waals surface area contributed by atoms with Crippen LogP contribution in [0, 0.1) is 5.92 Å². The second kappa shape index (κ2) is 6.78. The molecular weight excluding hydrogens is 298 g/mol. The van der Waals surface area contributed by atoms with Gasteiger partial charge in [0, 0.05) is 24.8 Å². The molecule has 1 saturated carbocycles. The maximum atomic E-state index is 11.9. The molecule has 1 aromatic carbocycles. The minimum Gasteiger partial charge on any atom is -0.388 e. The van der Waals surface area contributed by atoms with Gasteiger partial charge in [-0.2, -0.15) is 0 Å². The first kappa shape index (κ1) is 17.0. The third-order valence-electron chi connectivity index (χ3n) is 3.71. The van der Waals surface area contributed by atoms with E-state index in [1.165, 1.54) is 6.92 Å². The van der Waals surface area contributed by atoms with Crippen molar-refractivity contribution < 1.29 is 19.5 Å². The minimum absolute atomic E-state index is 0.0376. The molecule has 124 valence electrons. The molecule has 23 heavy (non-hydrogen) atoms. The van der Waals surface area contributed by atoms with Gasteiger partial charge in [0.05, 0.1) is 5.60 Å². The van der Waals surface area contributed by atoms with Gasteiger partial charge in [-0.3, -0.25) is 14.4 Å². The Morgan fingerprint density at radius 2 is 1.78 bits per heavy atom. The van der Waals surface area contributed by atoms with Crippen molar-refractivity contribution in [2.24, 2.45) is 5.92 Å². The summed E-state index contributed by atoms with van der Waals surface area (Å²) in [6.07, 6.45) is 1.87. The van der Waals surface area contributed by atoms with Crippen LogP contribution in [0.4, 0.5) is 11.4 Å². The van der Waals surface area contributed by atoms with Gasteiger partial charge < -0.3 is 21.1 Å². The highest BCUT2D eigenvalue weighted by Crippen LogP contribution is 2.38. The summed E-state index contributed by atoms with van der Waals surface area (Å²) in [4.78, 5) is 34.7. The maximum Gasteiger partial charge on any atom is 0.313 e. The minimum atomic E-state index is -0.985. The van der Waals surface area contributed by atoms with Gasteiger partial charge in [0.2, 0.25) is 5.91 Å². The second-order valence-electron chi connectivity index (χ2n) is 6.03. The van der Waals surface area contributed by atoms with E-state index < -0.39 is 17.4 Å². The van der Waals surface area contributed by atoms with Crippen molar-refractivity contribution in [3.05, 3.63) is 24.3 Å². The summed E-state index contributed by atoms with van der Waals surface area (Å²) in [5.74, 6) is -1.68. The molecule has 4 N–H and O–H groups in total. The maximum absolute atomic E-state index is 11.9. The number of carbonyl (C=O) groups excluding carboxylic acids is 3. The molecule has 0 saturated heterocycles. The zero-order chi connectivity index (χ0) is 17.0. The first-order chi connectivity index (χ1) is 10.8. The molecule has 1 aliphatic carbocycles. The van der Waals surface area contributed by atoms with Gasteiger partial charge >= 0.3 is 11.8 Å². The quantitative estimate of drug-likeness (QED) is 0.604. The third kappa shape index (κ3) is 5.07. The Kier molecular flexibility index (Phi) is 5.00. The fourth-order valence-electron chi connectivity index (χ4n) is 2.25. The lowest BCUT2D eigenvalue weighted by atomic mass is 10.0. The molecule has 1 fully saturated rings. The molecular formula is C16H21N3O4. The molecule has 0 aliphatic heterocycles. The van der Waals surface area contributed by atoms with E-state index in [1.807, 2.05) is 0 Å². The van der Waals surface area contributed by atoms with Crippen LogP contribution in [-0.2, 0) is 14.4 Å². The molecule has 1 unspecified atom stereocenters. The smallest absolute Gasteiger partial charge is 0.313 e. The van der Waals surface area contributed by atoms with Gasteiger partial charge in [0.25, 0.3) is 0 Å². The lowest BCUT2D eigenvalue weighted by Crippen LogP contribution is -2.45. The highest BCUT2D eigenvalue weighted by atomic mass is 16.3. The number of aliphatic hydroxyl groups is 1. The first-order valence-corrected chi connectivity index (χ1v) is 7.47. The van der Waals surface area contributed by atoms with E-state index >= 15 is 0 Å². The van der Waals surface area contributed by atoms with Crippen molar-refractivity contribution in [3.8, 4) is 0 Å². The number of rotatable bonds is 5. The Hall–Kier alpha value is -2.41. The van der Waals surface area contributed by atoms with E-state index in [0.29, 0.717) is 11.4 Å². The van der Waals surface area contributed by atoms with Gasteiger partial charge in [-0.25, -0.2) is 0 Å². The summed E-state index contributed by atoms with van der Waals surface area (Å²) in [7, 11) is 0. The largest absolute Gasteiger partial charge is 0.388 e. The number of nitrogens with one attached hydrogen (secondary N) is 3.